The summed E-state index contributed by atoms with van der Waals surface area (Å²) in [5, 5.41) is 3.95. The maximum Gasteiger partial charge on any atom is 0.0354 e. The third kappa shape index (κ3) is 3.74. The van der Waals surface area contributed by atoms with Gasteiger partial charge in [0.25, 0.3) is 0 Å². The second kappa shape index (κ2) is 6.91. The molecular weight excluding hydrogens is 254 g/mol. The van der Waals surface area contributed by atoms with Gasteiger partial charge < -0.3 is 5.32 Å². The first-order valence-electron chi connectivity index (χ1n) is 8.24. The van der Waals surface area contributed by atoms with E-state index in [0.717, 1.165) is 5.92 Å². The Morgan fingerprint density at radius 1 is 0.905 bits per heavy atom. The third-order valence-corrected chi connectivity index (χ3v) is 4.41. The Morgan fingerprint density at radius 3 is 2.00 bits per heavy atom. The van der Waals surface area contributed by atoms with Crippen LogP contribution in [0, 0.1) is 5.92 Å². The summed E-state index contributed by atoms with van der Waals surface area (Å²) in [5.74, 6) is 0.815. The van der Waals surface area contributed by atoms with Gasteiger partial charge in [-0.05, 0) is 36.3 Å². The van der Waals surface area contributed by atoms with Gasteiger partial charge in [0.05, 0.1) is 0 Å². The molecule has 1 saturated carbocycles. The number of hydrogen-bond acceptors (Lipinski definition) is 1. The molecule has 1 aliphatic rings. The van der Waals surface area contributed by atoms with Crippen LogP contribution in [0.4, 0.5) is 0 Å². The van der Waals surface area contributed by atoms with Crippen LogP contribution in [0.5, 0.6) is 0 Å². The molecule has 1 heteroatoms. The van der Waals surface area contributed by atoms with E-state index in [1.54, 1.807) is 0 Å². The molecule has 2 unspecified atom stereocenters. The summed E-state index contributed by atoms with van der Waals surface area (Å²) in [6, 6.07) is 22.8. The fourth-order valence-corrected chi connectivity index (χ4v) is 3.13. The molecule has 1 fully saturated rings. The van der Waals surface area contributed by atoms with Gasteiger partial charge in [0, 0.05) is 12.1 Å². The lowest BCUT2D eigenvalue weighted by molar-refractivity contribution is 0.391. The smallest absolute Gasteiger partial charge is 0.0354 e. The third-order valence-electron chi connectivity index (χ3n) is 4.41. The molecule has 1 nitrogen and oxygen atoms in total. The van der Waals surface area contributed by atoms with Crippen molar-refractivity contribution in [2.75, 3.05) is 0 Å². The highest BCUT2D eigenvalue weighted by atomic mass is 15.0. The number of rotatable bonds is 7. The molecule has 1 N–H and O–H groups in total. The SMILES string of the molecule is CCCC(NC(c1ccccc1)C1CC1)c1ccccc1. The molecule has 0 spiro atoms. The Bertz CT molecular complexity index is 530. The topological polar surface area (TPSA) is 12.0 Å². The summed E-state index contributed by atoms with van der Waals surface area (Å²) in [4.78, 5) is 0. The van der Waals surface area contributed by atoms with Crippen LogP contribution in [0.15, 0.2) is 60.7 Å². The predicted molar refractivity (Wildman–Crippen MR) is 89.1 cm³/mol. The molecule has 0 radical (unpaired) electrons. The molecule has 0 heterocycles. The number of nitrogens with one attached hydrogen (secondary N) is 1. The Kier molecular flexibility index (Phi) is 4.72. The van der Waals surface area contributed by atoms with Gasteiger partial charge in [0.15, 0.2) is 0 Å². The maximum absolute atomic E-state index is 3.95. The van der Waals surface area contributed by atoms with Gasteiger partial charge in [-0.15, -0.1) is 0 Å². The lowest BCUT2D eigenvalue weighted by Crippen LogP contribution is -2.28. The number of hydrogen-bond donors (Lipinski definition) is 1. The predicted octanol–water partition coefficient (Wildman–Crippen LogP) is 5.27. The largest absolute Gasteiger partial charge is 0.303 e. The first kappa shape index (κ1) is 14.3. The molecular formula is C20H25N. The normalized spacial score (nSPS) is 17.4. The molecule has 2 aromatic carbocycles. The van der Waals surface area contributed by atoms with Gasteiger partial charge in [-0.3, -0.25) is 0 Å². The van der Waals surface area contributed by atoms with Crippen LogP contribution in [0.1, 0.15) is 55.8 Å². The van der Waals surface area contributed by atoms with Crippen LogP contribution < -0.4 is 5.32 Å². The van der Waals surface area contributed by atoms with Crippen molar-refractivity contribution in [2.24, 2.45) is 5.92 Å². The standard InChI is InChI=1S/C20H25N/c1-2-9-19(16-10-5-3-6-11-16)21-20(18-14-15-18)17-12-7-4-8-13-17/h3-8,10-13,18-21H,2,9,14-15H2,1H3. The van der Waals surface area contributed by atoms with Gasteiger partial charge in [-0.1, -0.05) is 74.0 Å². The lowest BCUT2D eigenvalue weighted by Gasteiger charge is -2.26. The molecule has 0 saturated heterocycles. The van der Waals surface area contributed by atoms with Crippen LogP contribution in [-0.2, 0) is 0 Å². The van der Waals surface area contributed by atoms with Crippen molar-refractivity contribution in [2.45, 2.75) is 44.7 Å². The Balaban J connectivity index is 1.79. The molecule has 0 aromatic heterocycles. The molecule has 110 valence electrons. The van der Waals surface area contributed by atoms with Crippen molar-refractivity contribution >= 4 is 0 Å². The summed E-state index contributed by atoms with van der Waals surface area (Å²) in [6.07, 6.45) is 5.12. The molecule has 2 atom stereocenters. The highest BCUT2D eigenvalue weighted by molar-refractivity contribution is 5.24. The fourth-order valence-electron chi connectivity index (χ4n) is 3.13. The summed E-state index contributed by atoms with van der Waals surface area (Å²) >= 11 is 0. The van der Waals surface area contributed by atoms with E-state index in [1.807, 2.05) is 0 Å². The van der Waals surface area contributed by atoms with Gasteiger partial charge in [-0.2, -0.15) is 0 Å². The zero-order chi connectivity index (χ0) is 14.5. The Hall–Kier alpha value is -1.60. The van der Waals surface area contributed by atoms with Gasteiger partial charge in [0.2, 0.25) is 0 Å². The Labute approximate surface area is 128 Å². The lowest BCUT2D eigenvalue weighted by atomic mass is 9.97. The molecule has 21 heavy (non-hydrogen) atoms. The minimum atomic E-state index is 0.460. The fraction of sp³-hybridized carbons (Fsp3) is 0.400. The van der Waals surface area contributed by atoms with Crippen molar-refractivity contribution in [3.63, 3.8) is 0 Å². The van der Waals surface area contributed by atoms with Crippen molar-refractivity contribution in [1.82, 2.24) is 5.32 Å². The van der Waals surface area contributed by atoms with Crippen molar-refractivity contribution in [3.05, 3.63) is 71.8 Å². The molecule has 0 aliphatic heterocycles. The summed E-state index contributed by atoms with van der Waals surface area (Å²) < 4.78 is 0. The molecule has 0 amide bonds. The van der Waals surface area contributed by atoms with Gasteiger partial charge >= 0.3 is 0 Å². The van der Waals surface area contributed by atoms with Crippen LogP contribution in [-0.4, -0.2) is 0 Å². The molecule has 2 aromatic rings. The van der Waals surface area contributed by atoms with E-state index in [9.17, 15) is 0 Å². The van der Waals surface area contributed by atoms with Gasteiger partial charge in [0.1, 0.15) is 0 Å². The van der Waals surface area contributed by atoms with Crippen LogP contribution >= 0.6 is 0 Å². The highest BCUT2D eigenvalue weighted by Gasteiger charge is 2.33. The molecule has 1 aliphatic carbocycles. The maximum atomic E-state index is 3.95. The first-order chi connectivity index (χ1) is 10.4. The van der Waals surface area contributed by atoms with Crippen molar-refractivity contribution in [1.29, 1.82) is 0 Å². The Morgan fingerprint density at radius 2 is 1.48 bits per heavy atom. The van der Waals surface area contributed by atoms with Crippen LogP contribution in [0.2, 0.25) is 0 Å². The highest BCUT2D eigenvalue weighted by Crippen LogP contribution is 2.42. The van der Waals surface area contributed by atoms with E-state index in [4.69, 9.17) is 0 Å². The van der Waals surface area contributed by atoms with E-state index < -0.39 is 0 Å². The molecule has 3 rings (SSSR count). The summed E-state index contributed by atoms with van der Waals surface area (Å²) in [6.45, 7) is 2.27. The minimum Gasteiger partial charge on any atom is -0.303 e. The number of benzene rings is 2. The second-order valence-electron chi connectivity index (χ2n) is 6.14. The van der Waals surface area contributed by atoms with E-state index in [2.05, 4.69) is 72.9 Å². The van der Waals surface area contributed by atoms with E-state index in [-0.39, 0.29) is 0 Å². The average molecular weight is 279 g/mol. The van der Waals surface area contributed by atoms with E-state index >= 15 is 0 Å². The minimum absolute atomic E-state index is 0.460. The monoisotopic (exact) mass is 279 g/mol. The first-order valence-corrected chi connectivity index (χ1v) is 8.24. The zero-order valence-electron chi connectivity index (χ0n) is 12.8. The van der Waals surface area contributed by atoms with Crippen LogP contribution in [0.3, 0.4) is 0 Å². The van der Waals surface area contributed by atoms with Crippen molar-refractivity contribution < 1.29 is 0 Å². The summed E-state index contributed by atoms with van der Waals surface area (Å²) in [5.41, 5.74) is 2.86. The van der Waals surface area contributed by atoms with E-state index in [1.165, 1.54) is 36.8 Å². The van der Waals surface area contributed by atoms with Gasteiger partial charge in [-0.25, -0.2) is 0 Å². The summed E-state index contributed by atoms with van der Waals surface area (Å²) in [7, 11) is 0. The van der Waals surface area contributed by atoms with Crippen molar-refractivity contribution in [3.8, 4) is 0 Å². The second-order valence-corrected chi connectivity index (χ2v) is 6.14. The quantitative estimate of drug-likeness (QED) is 0.728. The van der Waals surface area contributed by atoms with Crippen LogP contribution in [0.25, 0.3) is 0 Å². The zero-order valence-corrected chi connectivity index (χ0v) is 12.8. The average Bonchev–Trinajstić information content (AvgIpc) is 3.38. The molecule has 0 bridgehead atoms. The van der Waals surface area contributed by atoms with E-state index in [0.29, 0.717) is 12.1 Å².